The highest BCUT2D eigenvalue weighted by molar-refractivity contribution is 6.24. The molecule has 1 aromatic carbocycles. The predicted molar refractivity (Wildman–Crippen MR) is 53.1 cm³/mol. The van der Waals surface area contributed by atoms with Gasteiger partial charge in [0.05, 0.1) is 5.56 Å². The molecule has 1 aromatic rings. The monoisotopic (exact) mass is 188 g/mol. The maximum Gasteiger partial charge on any atom is 0.188 e. The Hall–Kier alpha value is -2.10. The minimum absolute atomic E-state index is 0.237. The van der Waals surface area contributed by atoms with Gasteiger partial charge < -0.3 is 11.5 Å². The lowest BCUT2D eigenvalue weighted by atomic mass is 9.93. The molecule has 1 aliphatic rings. The van der Waals surface area contributed by atoms with Gasteiger partial charge in [-0.2, -0.15) is 0 Å². The number of carbonyl (C=O) groups is 2. The minimum Gasteiger partial charge on any atom is -0.399 e. The highest BCUT2D eigenvalue weighted by Gasteiger charge is 2.21. The molecule has 0 spiro atoms. The SMILES string of the molecule is Nc1cc(N)c2c(c1)C(=O)C=CC2=O. The van der Waals surface area contributed by atoms with Gasteiger partial charge in [-0.3, -0.25) is 9.59 Å². The van der Waals surface area contributed by atoms with Crippen LogP contribution in [-0.4, -0.2) is 11.6 Å². The van der Waals surface area contributed by atoms with Crippen molar-refractivity contribution in [2.75, 3.05) is 11.5 Å². The lowest BCUT2D eigenvalue weighted by Crippen LogP contribution is -2.14. The van der Waals surface area contributed by atoms with Crippen molar-refractivity contribution >= 4 is 22.9 Å². The van der Waals surface area contributed by atoms with E-state index in [-0.39, 0.29) is 28.4 Å². The third-order valence-electron chi connectivity index (χ3n) is 2.09. The molecule has 4 N–H and O–H groups in total. The topological polar surface area (TPSA) is 86.2 Å². The van der Waals surface area contributed by atoms with E-state index < -0.39 is 0 Å². The van der Waals surface area contributed by atoms with E-state index in [4.69, 9.17) is 11.5 Å². The van der Waals surface area contributed by atoms with Crippen molar-refractivity contribution in [1.29, 1.82) is 0 Å². The number of benzene rings is 1. The fourth-order valence-electron chi connectivity index (χ4n) is 1.48. The molecule has 0 heterocycles. The second-order valence-electron chi connectivity index (χ2n) is 3.09. The van der Waals surface area contributed by atoms with Gasteiger partial charge in [0.25, 0.3) is 0 Å². The van der Waals surface area contributed by atoms with E-state index in [9.17, 15) is 9.59 Å². The van der Waals surface area contributed by atoms with Gasteiger partial charge in [-0.1, -0.05) is 0 Å². The average Bonchev–Trinajstić information content (AvgIpc) is 2.10. The van der Waals surface area contributed by atoms with Crippen LogP contribution in [0.4, 0.5) is 11.4 Å². The summed E-state index contributed by atoms with van der Waals surface area (Å²) in [6.07, 6.45) is 2.45. The lowest BCUT2D eigenvalue weighted by molar-refractivity contribution is 0.0995. The average molecular weight is 188 g/mol. The summed E-state index contributed by atoms with van der Waals surface area (Å²) in [5.41, 5.74) is 12.3. The highest BCUT2D eigenvalue weighted by Crippen LogP contribution is 2.25. The van der Waals surface area contributed by atoms with Gasteiger partial charge in [-0.15, -0.1) is 0 Å². The molecule has 0 aliphatic heterocycles. The molecule has 0 saturated carbocycles. The molecule has 70 valence electrons. The van der Waals surface area contributed by atoms with Crippen molar-refractivity contribution in [3.05, 3.63) is 35.4 Å². The summed E-state index contributed by atoms with van der Waals surface area (Å²) in [6, 6.07) is 2.94. The Morgan fingerprint density at radius 2 is 1.57 bits per heavy atom. The third-order valence-corrected chi connectivity index (χ3v) is 2.09. The summed E-state index contributed by atoms with van der Waals surface area (Å²) in [6.45, 7) is 0. The van der Waals surface area contributed by atoms with Gasteiger partial charge in [0.1, 0.15) is 0 Å². The Labute approximate surface area is 80.2 Å². The second kappa shape index (κ2) is 2.70. The normalized spacial score (nSPS) is 14.3. The zero-order valence-corrected chi connectivity index (χ0v) is 7.28. The first kappa shape index (κ1) is 8.50. The van der Waals surface area contributed by atoms with Crippen molar-refractivity contribution in [2.24, 2.45) is 0 Å². The number of nitrogen functional groups attached to an aromatic ring is 2. The van der Waals surface area contributed by atoms with E-state index in [0.29, 0.717) is 5.69 Å². The maximum atomic E-state index is 11.4. The summed E-state index contributed by atoms with van der Waals surface area (Å²) in [5, 5.41) is 0. The molecule has 1 aliphatic carbocycles. The van der Waals surface area contributed by atoms with Crippen LogP contribution in [0.25, 0.3) is 0 Å². The molecule has 0 bridgehead atoms. The molecule has 0 aromatic heterocycles. The number of allylic oxidation sites excluding steroid dienone is 2. The number of rotatable bonds is 0. The van der Waals surface area contributed by atoms with Crippen LogP contribution in [0.2, 0.25) is 0 Å². The van der Waals surface area contributed by atoms with Crippen LogP contribution in [-0.2, 0) is 0 Å². The number of anilines is 2. The first-order valence-electron chi connectivity index (χ1n) is 4.05. The predicted octanol–water partition coefficient (Wildman–Crippen LogP) is 0.786. The smallest absolute Gasteiger partial charge is 0.188 e. The molecule has 2 rings (SSSR count). The van der Waals surface area contributed by atoms with Crippen LogP contribution in [0.5, 0.6) is 0 Å². The molecule has 4 heteroatoms. The number of fused-ring (bicyclic) bond motifs is 1. The Bertz CT molecular complexity index is 475. The second-order valence-corrected chi connectivity index (χ2v) is 3.09. The molecule has 0 fully saturated rings. The number of hydrogen-bond donors (Lipinski definition) is 2. The largest absolute Gasteiger partial charge is 0.399 e. The van der Waals surface area contributed by atoms with Crippen molar-refractivity contribution < 1.29 is 9.59 Å². The Morgan fingerprint density at radius 1 is 0.929 bits per heavy atom. The fraction of sp³-hybridized carbons (Fsp3) is 0. The van der Waals surface area contributed by atoms with Crippen LogP contribution < -0.4 is 11.5 Å². The van der Waals surface area contributed by atoms with Crippen LogP contribution in [0.3, 0.4) is 0 Å². The van der Waals surface area contributed by atoms with E-state index in [0.717, 1.165) is 0 Å². The fourth-order valence-corrected chi connectivity index (χ4v) is 1.48. The number of carbonyl (C=O) groups excluding carboxylic acids is 2. The van der Waals surface area contributed by atoms with E-state index >= 15 is 0 Å². The van der Waals surface area contributed by atoms with Crippen molar-refractivity contribution in [2.45, 2.75) is 0 Å². The van der Waals surface area contributed by atoms with Gasteiger partial charge >= 0.3 is 0 Å². The van der Waals surface area contributed by atoms with Crippen LogP contribution in [0, 0.1) is 0 Å². The first-order chi connectivity index (χ1) is 6.59. The molecule has 0 saturated heterocycles. The summed E-state index contributed by atoms with van der Waals surface area (Å²) < 4.78 is 0. The van der Waals surface area contributed by atoms with Gasteiger partial charge in [-0.25, -0.2) is 0 Å². The molecular weight excluding hydrogens is 180 g/mol. The number of nitrogens with two attached hydrogens (primary N) is 2. The first-order valence-corrected chi connectivity index (χ1v) is 4.05. The summed E-state index contributed by atoms with van der Waals surface area (Å²) in [4.78, 5) is 22.8. The summed E-state index contributed by atoms with van der Waals surface area (Å²) >= 11 is 0. The molecular formula is C10H8N2O2. The summed E-state index contributed by atoms with van der Waals surface area (Å²) in [7, 11) is 0. The van der Waals surface area contributed by atoms with Gasteiger partial charge in [0.15, 0.2) is 11.6 Å². The van der Waals surface area contributed by atoms with Crippen LogP contribution in [0.15, 0.2) is 24.3 Å². The zero-order valence-electron chi connectivity index (χ0n) is 7.28. The minimum atomic E-state index is -0.253. The van der Waals surface area contributed by atoms with E-state index in [1.54, 1.807) is 0 Å². The quantitative estimate of drug-likeness (QED) is 0.589. The van der Waals surface area contributed by atoms with Crippen molar-refractivity contribution in [1.82, 2.24) is 0 Å². The summed E-state index contributed by atoms with van der Waals surface area (Å²) in [5.74, 6) is -0.490. The number of ketones is 2. The molecule has 0 radical (unpaired) electrons. The third kappa shape index (κ3) is 1.08. The Balaban J connectivity index is 2.78. The van der Waals surface area contributed by atoms with Crippen LogP contribution >= 0.6 is 0 Å². The Kier molecular flexibility index (Phi) is 1.64. The molecule has 0 atom stereocenters. The lowest BCUT2D eigenvalue weighted by Gasteiger charge is -2.11. The van der Waals surface area contributed by atoms with E-state index in [2.05, 4.69) is 0 Å². The molecule has 0 unspecified atom stereocenters. The Morgan fingerprint density at radius 3 is 2.29 bits per heavy atom. The van der Waals surface area contributed by atoms with E-state index in [1.807, 2.05) is 0 Å². The van der Waals surface area contributed by atoms with Crippen molar-refractivity contribution in [3.63, 3.8) is 0 Å². The van der Waals surface area contributed by atoms with Gasteiger partial charge in [0.2, 0.25) is 0 Å². The molecule has 4 nitrogen and oxygen atoms in total. The number of hydrogen-bond acceptors (Lipinski definition) is 4. The highest BCUT2D eigenvalue weighted by atomic mass is 16.1. The molecule has 14 heavy (non-hydrogen) atoms. The zero-order chi connectivity index (χ0) is 10.3. The maximum absolute atomic E-state index is 11.4. The molecule has 0 amide bonds. The standard InChI is InChI=1S/C10H8N2O2/c11-5-3-6-8(13)1-2-9(14)10(6)7(12)4-5/h1-4H,11-12H2. The van der Waals surface area contributed by atoms with Gasteiger partial charge in [-0.05, 0) is 24.3 Å². The van der Waals surface area contributed by atoms with Gasteiger partial charge in [0, 0.05) is 16.9 Å². The van der Waals surface area contributed by atoms with Crippen molar-refractivity contribution in [3.8, 4) is 0 Å². The van der Waals surface area contributed by atoms with E-state index in [1.165, 1.54) is 24.3 Å². The van der Waals surface area contributed by atoms with Crippen LogP contribution in [0.1, 0.15) is 20.7 Å².